The molecular formula is C16H13BrCl2O. The molecule has 0 saturated carbocycles. The van der Waals surface area contributed by atoms with Crippen molar-refractivity contribution in [2.24, 2.45) is 0 Å². The number of hydrogen-bond donors (Lipinski definition) is 0. The van der Waals surface area contributed by atoms with E-state index in [2.05, 4.69) is 35.0 Å². The lowest BCUT2D eigenvalue weighted by Crippen LogP contribution is -2.05. The zero-order chi connectivity index (χ0) is 14.3. The van der Waals surface area contributed by atoms with Crippen LogP contribution in [0.4, 0.5) is 0 Å². The van der Waals surface area contributed by atoms with E-state index in [0.29, 0.717) is 10.0 Å². The third kappa shape index (κ3) is 2.69. The summed E-state index contributed by atoms with van der Waals surface area (Å²) in [5.74, 6) is 0.984. The molecule has 2 aromatic carbocycles. The highest BCUT2D eigenvalue weighted by Gasteiger charge is 2.21. The van der Waals surface area contributed by atoms with E-state index in [-0.39, 0.29) is 10.9 Å². The summed E-state index contributed by atoms with van der Waals surface area (Å²) < 4.78 is 5.73. The van der Waals surface area contributed by atoms with E-state index >= 15 is 0 Å². The van der Waals surface area contributed by atoms with Crippen molar-refractivity contribution < 1.29 is 4.74 Å². The molecule has 0 bridgehead atoms. The van der Waals surface area contributed by atoms with Gasteiger partial charge >= 0.3 is 0 Å². The minimum Gasteiger partial charge on any atom is -0.490 e. The van der Waals surface area contributed by atoms with Gasteiger partial charge in [0.1, 0.15) is 11.9 Å². The van der Waals surface area contributed by atoms with Crippen LogP contribution in [0.2, 0.25) is 10.0 Å². The molecule has 2 atom stereocenters. The highest BCUT2D eigenvalue weighted by Crippen LogP contribution is 2.39. The maximum absolute atomic E-state index is 6.27. The molecule has 20 heavy (non-hydrogen) atoms. The number of rotatable bonds is 2. The number of ether oxygens (including phenoxy) is 1. The van der Waals surface area contributed by atoms with Gasteiger partial charge in [-0.2, -0.15) is 0 Å². The maximum atomic E-state index is 6.27. The Morgan fingerprint density at radius 3 is 2.80 bits per heavy atom. The van der Waals surface area contributed by atoms with Gasteiger partial charge in [0, 0.05) is 16.5 Å². The smallest absolute Gasteiger partial charge is 0.123 e. The van der Waals surface area contributed by atoms with E-state index < -0.39 is 0 Å². The SMILES string of the molecule is CC1Cc2cc(C(Br)c3cc(Cl)ccc3Cl)ccc2O1. The zero-order valence-electron chi connectivity index (χ0n) is 10.9. The van der Waals surface area contributed by atoms with Gasteiger partial charge in [-0.05, 0) is 47.9 Å². The van der Waals surface area contributed by atoms with Crippen molar-refractivity contribution in [1.29, 1.82) is 0 Å². The fraction of sp³-hybridized carbons (Fsp3) is 0.250. The Morgan fingerprint density at radius 1 is 1.20 bits per heavy atom. The standard InChI is InChI=1S/C16H13BrCl2O/c1-9-6-11-7-10(2-5-15(11)20-9)16(17)13-8-12(18)3-4-14(13)19/h2-5,7-9,16H,6H2,1H3. The molecule has 3 rings (SSSR count). The summed E-state index contributed by atoms with van der Waals surface area (Å²) in [6, 6.07) is 11.8. The Morgan fingerprint density at radius 2 is 2.00 bits per heavy atom. The van der Waals surface area contributed by atoms with E-state index in [0.717, 1.165) is 23.3 Å². The lowest BCUT2D eigenvalue weighted by atomic mass is 10.0. The molecule has 1 aliphatic rings. The van der Waals surface area contributed by atoms with Gasteiger partial charge in [-0.25, -0.2) is 0 Å². The van der Waals surface area contributed by atoms with E-state index in [1.807, 2.05) is 18.2 Å². The first-order chi connectivity index (χ1) is 9.54. The molecule has 2 unspecified atom stereocenters. The first-order valence-electron chi connectivity index (χ1n) is 6.43. The van der Waals surface area contributed by atoms with Crippen LogP contribution in [0.3, 0.4) is 0 Å². The predicted molar refractivity (Wildman–Crippen MR) is 87.5 cm³/mol. The molecule has 0 fully saturated rings. The fourth-order valence-corrected chi connectivity index (χ4v) is 3.69. The first-order valence-corrected chi connectivity index (χ1v) is 8.10. The van der Waals surface area contributed by atoms with E-state index in [4.69, 9.17) is 27.9 Å². The van der Waals surface area contributed by atoms with Crippen LogP contribution < -0.4 is 4.74 Å². The Labute approximate surface area is 137 Å². The van der Waals surface area contributed by atoms with Crippen molar-refractivity contribution in [2.45, 2.75) is 24.3 Å². The summed E-state index contributed by atoms with van der Waals surface area (Å²) in [5, 5.41) is 1.40. The van der Waals surface area contributed by atoms with E-state index in [1.54, 1.807) is 6.07 Å². The summed E-state index contributed by atoms with van der Waals surface area (Å²) in [4.78, 5) is 0.0231. The molecular weight excluding hydrogens is 359 g/mol. The summed E-state index contributed by atoms with van der Waals surface area (Å²) in [7, 11) is 0. The van der Waals surface area contributed by atoms with E-state index in [1.165, 1.54) is 5.56 Å². The Kier molecular flexibility index (Phi) is 3.98. The normalized spacial score (nSPS) is 18.5. The lowest BCUT2D eigenvalue weighted by Gasteiger charge is -2.14. The molecule has 2 aromatic rings. The molecule has 0 aromatic heterocycles. The minimum atomic E-state index is 0.0231. The molecule has 1 nitrogen and oxygen atoms in total. The molecule has 0 saturated heterocycles. The van der Waals surface area contributed by atoms with E-state index in [9.17, 15) is 0 Å². The average molecular weight is 372 g/mol. The second-order valence-corrected chi connectivity index (χ2v) is 6.79. The molecule has 0 spiro atoms. The molecule has 0 radical (unpaired) electrons. The van der Waals surface area contributed by atoms with Gasteiger partial charge in [0.15, 0.2) is 0 Å². The number of halogens is 3. The van der Waals surface area contributed by atoms with Gasteiger partial charge in [0.05, 0.1) is 4.83 Å². The van der Waals surface area contributed by atoms with Gasteiger partial charge in [0.25, 0.3) is 0 Å². The van der Waals surface area contributed by atoms with Gasteiger partial charge in [-0.1, -0.05) is 51.3 Å². The van der Waals surface area contributed by atoms with Crippen LogP contribution >= 0.6 is 39.1 Å². The van der Waals surface area contributed by atoms with Crippen LogP contribution in [-0.4, -0.2) is 6.10 Å². The Bertz CT molecular complexity index is 657. The Hall–Kier alpha value is -0.700. The third-order valence-corrected chi connectivity index (χ3v) is 5.05. The van der Waals surface area contributed by atoms with Crippen molar-refractivity contribution in [3.8, 4) is 5.75 Å². The van der Waals surface area contributed by atoms with Crippen LogP contribution in [0.5, 0.6) is 5.75 Å². The number of benzene rings is 2. The van der Waals surface area contributed by atoms with Gasteiger partial charge in [0.2, 0.25) is 0 Å². The zero-order valence-corrected chi connectivity index (χ0v) is 14.0. The van der Waals surface area contributed by atoms with Gasteiger partial charge in [-0.3, -0.25) is 0 Å². The van der Waals surface area contributed by atoms with Crippen molar-refractivity contribution in [3.05, 3.63) is 63.1 Å². The summed E-state index contributed by atoms with van der Waals surface area (Å²) in [6.07, 6.45) is 1.20. The summed E-state index contributed by atoms with van der Waals surface area (Å²) in [6.45, 7) is 2.08. The van der Waals surface area contributed by atoms with Crippen LogP contribution in [0.25, 0.3) is 0 Å². The van der Waals surface area contributed by atoms with Crippen LogP contribution in [0.1, 0.15) is 28.4 Å². The minimum absolute atomic E-state index is 0.0231. The highest BCUT2D eigenvalue weighted by atomic mass is 79.9. The maximum Gasteiger partial charge on any atom is 0.123 e. The number of hydrogen-bond acceptors (Lipinski definition) is 1. The topological polar surface area (TPSA) is 9.23 Å². The summed E-state index contributed by atoms with van der Waals surface area (Å²) >= 11 is 16.0. The average Bonchev–Trinajstić information content (AvgIpc) is 2.79. The lowest BCUT2D eigenvalue weighted by molar-refractivity contribution is 0.254. The monoisotopic (exact) mass is 370 g/mol. The molecule has 104 valence electrons. The predicted octanol–water partition coefficient (Wildman–Crippen LogP) is 5.80. The molecule has 1 heterocycles. The largest absolute Gasteiger partial charge is 0.490 e. The quantitative estimate of drug-likeness (QED) is 0.606. The second-order valence-electron chi connectivity index (χ2n) is 5.03. The van der Waals surface area contributed by atoms with Crippen molar-refractivity contribution in [1.82, 2.24) is 0 Å². The molecule has 0 N–H and O–H groups in total. The first kappa shape index (κ1) is 14.2. The van der Waals surface area contributed by atoms with Crippen LogP contribution in [-0.2, 0) is 6.42 Å². The molecule has 0 amide bonds. The van der Waals surface area contributed by atoms with Crippen molar-refractivity contribution in [3.63, 3.8) is 0 Å². The number of alkyl halides is 1. The second kappa shape index (κ2) is 5.59. The van der Waals surface area contributed by atoms with Crippen molar-refractivity contribution >= 4 is 39.1 Å². The van der Waals surface area contributed by atoms with Gasteiger partial charge < -0.3 is 4.74 Å². The highest BCUT2D eigenvalue weighted by molar-refractivity contribution is 9.09. The fourth-order valence-electron chi connectivity index (χ4n) is 2.49. The molecule has 0 aliphatic carbocycles. The van der Waals surface area contributed by atoms with Gasteiger partial charge in [-0.15, -0.1) is 0 Å². The molecule has 1 aliphatic heterocycles. The summed E-state index contributed by atoms with van der Waals surface area (Å²) in [5.41, 5.74) is 3.38. The number of fused-ring (bicyclic) bond motifs is 1. The molecule has 4 heteroatoms. The third-order valence-electron chi connectivity index (χ3n) is 3.44. The Balaban J connectivity index is 1.97. The van der Waals surface area contributed by atoms with Crippen LogP contribution in [0, 0.1) is 0 Å². The van der Waals surface area contributed by atoms with Crippen molar-refractivity contribution in [2.75, 3.05) is 0 Å². The van der Waals surface area contributed by atoms with Crippen LogP contribution in [0.15, 0.2) is 36.4 Å².